The second-order valence-corrected chi connectivity index (χ2v) is 6.39. The molecule has 0 saturated heterocycles. The van der Waals surface area contributed by atoms with Crippen molar-refractivity contribution in [2.45, 2.75) is 52.4 Å². The normalized spacial score (nSPS) is 15.3. The van der Waals surface area contributed by atoms with Gasteiger partial charge in [-0.15, -0.1) is 0 Å². The molecule has 0 radical (unpaired) electrons. The lowest BCUT2D eigenvalue weighted by Crippen LogP contribution is -2.20. The Labute approximate surface area is 157 Å². The van der Waals surface area contributed by atoms with Crippen LogP contribution in [0.5, 0.6) is 0 Å². The number of Topliss-reactive ketones (excluding diaryl/α,β-unsaturated/α-hetero) is 1. The third-order valence-electron chi connectivity index (χ3n) is 3.61. The summed E-state index contributed by atoms with van der Waals surface area (Å²) in [5, 5.41) is -0.0144. The molecular formula is C22H32O2S. The highest BCUT2D eigenvalue weighted by atomic mass is 32.2. The fraction of sp³-hybridized carbons (Fsp3) is 0.455. The fourth-order valence-electron chi connectivity index (χ4n) is 2.18. The molecule has 0 heterocycles. The summed E-state index contributed by atoms with van der Waals surface area (Å²) in [6.45, 7) is 3.84. The van der Waals surface area contributed by atoms with Crippen molar-refractivity contribution < 1.29 is 9.59 Å². The van der Waals surface area contributed by atoms with E-state index in [0.717, 1.165) is 18.2 Å². The van der Waals surface area contributed by atoms with E-state index in [9.17, 15) is 9.59 Å². The van der Waals surface area contributed by atoms with Crippen molar-refractivity contribution in [2.24, 2.45) is 5.92 Å². The third kappa shape index (κ3) is 13.4. The van der Waals surface area contributed by atoms with Crippen molar-refractivity contribution in [3.63, 3.8) is 0 Å². The summed E-state index contributed by atoms with van der Waals surface area (Å²) in [5.74, 6) is -0.370. The number of ketones is 1. The van der Waals surface area contributed by atoms with Crippen LogP contribution in [0.1, 0.15) is 52.4 Å². The Balaban J connectivity index is 0.000000676. The van der Waals surface area contributed by atoms with Crippen LogP contribution in [0.15, 0.2) is 60.8 Å². The summed E-state index contributed by atoms with van der Waals surface area (Å²) >= 11 is 1.14. The first-order valence-electron chi connectivity index (χ1n) is 9.02. The molecular weight excluding hydrogens is 328 g/mol. The molecule has 1 unspecified atom stereocenters. The molecule has 25 heavy (non-hydrogen) atoms. The van der Waals surface area contributed by atoms with Crippen molar-refractivity contribution in [3.8, 4) is 0 Å². The SMILES string of the molecule is C1=CCCC=CC1.C\C=C/C=C\C=C\CCC(=O)C(CC)C(=O)SC. The predicted octanol–water partition coefficient (Wildman–Crippen LogP) is 6.22. The molecule has 0 aromatic carbocycles. The quantitative estimate of drug-likeness (QED) is 0.292. The van der Waals surface area contributed by atoms with Gasteiger partial charge in [-0.05, 0) is 45.3 Å². The van der Waals surface area contributed by atoms with E-state index in [4.69, 9.17) is 0 Å². The number of carbonyl (C=O) groups is 2. The Morgan fingerprint density at radius 3 is 2.24 bits per heavy atom. The molecule has 0 aliphatic heterocycles. The average molecular weight is 361 g/mol. The highest BCUT2D eigenvalue weighted by Crippen LogP contribution is 2.16. The Morgan fingerprint density at radius 1 is 1.04 bits per heavy atom. The Kier molecular flexibility index (Phi) is 16.1. The lowest BCUT2D eigenvalue weighted by atomic mass is 9.99. The molecule has 0 aromatic rings. The molecule has 0 amide bonds. The van der Waals surface area contributed by atoms with Gasteiger partial charge in [-0.1, -0.05) is 79.4 Å². The van der Waals surface area contributed by atoms with Crippen LogP contribution < -0.4 is 0 Å². The van der Waals surface area contributed by atoms with E-state index >= 15 is 0 Å². The monoisotopic (exact) mass is 360 g/mol. The summed E-state index contributed by atoms with van der Waals surface area (Å²) < 4.78 is 0. The van der Waals surface area contributed by atoms with Gasteiger partial charge < -0.3 is 0 Å². The molecule has 0 N–H and O–H groups in total. The summed E-state index contributed by atoms with van der Waals surface area (Å²) in [6, 6.07) is 0. The van der Waals surface area contributed by atoms with Gasteiger partial charge in [-0.3, -0.25) is 9.59 Å². The largest absolute Gasteiger partial charge is 0.299 e. The topological polar surface area (TPSA) is 34.1 Å². The third-order valence-corrected chi connectivity index (χ3v) is 4.29. The minimum Gasteiger partial charge on any atom is -0.299 e. The fourth-order valence-corrected chi connectivity index (χ4v) is 2.76. The second kappa shape index (κ2) is 17.2. The van der Waals surface area contributed by atoms with Gasteiger partial charge in [0.05, 0.1) is 5.92 Å². The van der Waals surface area contributed by atoms with Crippen LogP contribution in [0.3, 0.4) is 0 Å². The van der Waals surface area contributed by atoms with Gasteiger partial charge >= 0.3 is 0 Å². The number of thioether (sulfide) groups is 1. The highest BCUT2D eigenvalue weighted by molar-refractivity contribution is 8.13. The van der Waals surface area contributed by atoms with Crippen LogP contribution in [-0.4, -0.2) is 17.2 Å². The van der Waals surface area contributed by atoms with E-state index in [-0.39, 0.29) is 10.9 Å². The molecule has 0 fully saturated rings. The lowest BCUT2D eigenvalue weighted by Gasteiger charge is -2.09. The molecule has 2 nitrogen and oxygen atoms in total. The van der Waals surface area contributed by atoms with Gasteiger partial charge in [0.1, 0.15) is 5.78 Å². The van der Waals surface area contributed by atoms with Gasteiger partial charge in [-0.2, -0.15) is 0 Å². The van der Waals surface area contributed by atoms with Gasteiger partial charge in [-0.25, -0.2) is 0 Å². The van der Waals surface area contributed by atoms with Gasteiger partial charge in [0.25, 0.3) is 0 Å². The zero-order valence-corrected chi connectivity index (χ0v) is 16.6. The zero-order chi connectivity index (χ0) is 18.8. The summed E-state index contributed by atoms with van der Waals surface area (Å²) in [7, 11) is 0. The molecule has 138 valence electrons. The van der Waals surface area contributed by atoms with Crippen molar-refractivity contribution in [1.82, 2.24) is 0 Å². The Morgan fingerprint density at radius 2 is 1.68 bits per heavy atom. The van der Waals surface area contributed by atoms with Gasteiger partial charge in [0.2, 0.25) is 0 Å². The van der Waals surface area contributed by atoms with Crippen LogP contribution in [0, 0.1) is 5.92 Å². The average Bonchev–Trinajstić information content (AvgIpc) is 2.95. The van der Waals surface area contributed by atoms with Crippen LogP contribution in [0.4, 0.5) is 0 Å². The minimum absolute atomic E-state index is 0.0144. The molecule has 0 saturated carbocycles. The van der Waals surface area contributed by atoms with E-state index in [2.05, 4.69) is 24.3 Å². The Bertz CT molecular complexity index is 498. The number of rotatable bonds is 8. The van der Waals surface area contributed by atoms with E-state index in [1.54, 1.807) is 6.26 Å². The smallest absolute Gasteiger partial charge is 0.199 e. The molecule has 0 spiro atoms. The molecule has 0 bridgehead atoms. The number of hydrogen-bond donors (Lipinski definition) is 0. The second-order valence-electron chi connectivity index (χ2n) is 5.58. The Hall–Kier alpha value is -1.61. The van der Waals surface area contributed by atoms with E-state index in [0.29, 0.717) is 19.3 Å². The standard InChI is InChI=1S/C15H22O2S.C7H10/c1-4-6-7-8-9-10-11-12-14(16)13(5-2)15(17)18-3;1-2-4-6-7-5-3-1/h4,6-10,13H,5,11-12H2,1-3H3;1-2,5,7H,3-4,6H2/b6-4-,8-7-,10-9+;. The predicted molar refractivity (Wildman–Crippen MR) is 112 cm³/mol. The summed E-state index contributed by atoms with van der Waals surface area (Å²) in [5.41, 5.74) is 0. The lowest BCUT2D eigenvalue weighted by molar-refractivity contribution is -0.128. The maximum absolute atomic E-state index is 11.8. The van der Waals surface area contributed by atoms with Crippen LogP contribution in [-0.2, 0) is 9.59 Å². The zero-order valence-electron chi connectivity index (χ0n) is 15.8. The molecule has 1 atom stereocenters. The summed E-state index contributed by atoms with van der Waals surface area (Å²) in [4.78, 5) is 23.3. The van der Waals surface area contributed by atoms with Crippen molar-refractivity contribution in [1.29, 1.82) is 0 Å². The van der Waals surface area contributed by atoms with E-state index < -0.39 is 5.92 Å². The van der Waals surface area contributed by atoms with Crippen LogP contribution in [0.25, 0.3) is 0 Å². The van der Waals surface area contributed by atoms with Crippen molar-refractivity contribution >= 4 is 22.7 Å². The van der Waals surface area contributed by atoms with Crippen molar-refractivity contribution in [2.75, 3.05) is 6.26 Å². The van der Waals surface area contributed by atoms with Crippen LogP contribution >= 0.6 is 11.8 Å². The molecule has 0 aromatic heterocycles. The molecule has 1 rings (SSSR count). The van der Waals surface area contributed by atoms with Crippen molar-refractivity contribution in [3.05, 3.63) is 60.8 Å². The maximum Gasteiger partial charge on any atom is 0.199 e. The number of hydrogen-bond acceptors (Lipinski definition) is 3. The maximum atomic E-state index is 11.8. The first-order valence-corrected chi connectivity index (χ1v) is 10.2. The highest BCUT2D eigenvalue weighted by Gasteiger charge is 2.22. The van der Waals surface area contributed by atoms with Crippen LogP contribution in [0.2, 0.25) is 0 Å². The summed E-state index contributed by atoms with van der Waals surface area (Å²) in [6.07, 6.45) is 27.6. The molecule has 3 heteroatoms. The van der Waals surface area contributed by atoms with E-state index in [1.807, 2.05) is 50.3 Å². The first kappa shape index (κ1) is 23.4. The first-order chi connectivity index (χ1) is 12.2. The van der Waals surface area contributed by atoms with Gasteiger partial charge in [0, 0.05) is 6.42 Å². The van der Waals surface area contributed by atoms with E-state index in [1.165, 1.54) is 12.8 Å². The van der Waals surface area contributed by atoms with Gasteiger partial charge in [0.15, 0.2) is 5.12 Å². The number of carbonyl (C=O) groups excluding carboxylic acids is 2. The molecule has 1 aliphatic carbocycles. The number of allylic oxidation sites excluding steroid dienone is 10. The molecule has 1 aliphatic rings. The minimum atomic E-state index is -0.424.